The fourth-order valence-corrected chi connectivity index (χ4v) is 4.58. The molecule has 0 radical (unpaired) electrons. The third-order valence-electron chi connectivity index (χ3n) is 3.09. The Hall–Kier alpha value is -0.733. The van der Waals surface area contributed by atoms with E-state index in [0.29, 0.717) is 0 Å². The molecule has 0 spiro atoms. The summed E-state index contributed by atoms with van der Waals surface area (Å²) in [6, 6.07) is 15.4. The van der Waals surface area contributed by atoms with Crippen molar-refractivity contribution in [1.82, 2.24) is 0 Å². The first-order chi connectivity index (χ1) is 8.57. The number of halogens is 3. The Balaban J connectivity index is 2.48. The molecule has 0 bridgehead atoms. The summed E-state index contributed by atoms with van der Waals surface area (Å²) < 4.78 is 0. The highest BCUT2D eigenvalue weighted by Gasteiger charge is 2.29. The Morgan fingerprint density at radius 1 is 0.611 bits per heavy atom. The second kappa shape index (κ2) is 4.43. The van der Waals surface area contributed by atoms with Crippen LogP contribution in [0.5, 0.6) is 0 Å². The molecule has 0 aromatic heterocycles. The van der Waals surface area contributed by atoms with E-state index in [1.54, 1.807) is 0 Å². The van der Waals surface area contributed by atoms with Crippen LogP contribution in [0.4, 0.5) is 0 Å². The van der Waals surface area contributed by atoms with Gasteiger partial charge in [-0.15, -0.1) is 33.2 Å². The summed E-state index contributed by atoms with van der Waals surface area (Å²) in [7, 11) is 0. The quantitative estimate of drug-likeness (QED) is 0.342. The molecule has 3 aromatic rings. The molecule has 0 unspecified atom stereocenters. The molecule has 0 saturated heterocycles. The van der Waals surface area contributed by atoms with Gasteiger partial charge in [0.25, 0.3) is 0 Å². The molecule has 3 rings (SSSR count). The van der Waals surface area contributed by atoms with E-state index in [4.69, 9.17) is 33.2 Å². The third kappa shape index (κ3) is 2.02. The van der Waals surface area contributed by atoms with Crippen molar-refractivity contribution < 1.29 is 0 Å². The largest absolute Gasteiger partial charge is 0.373 e. The van der Waals surface area contributed by atoms with Crippen molar-refractivity contribution in [3.8, 4) is 0 Å². The highest BCUT2D eigenvalue weighted by atomic mass is 35.8. The maximum atomic E-state index is 6.16. The van der Waals surface area contributed by atoms with Gasteiger partial charge >= 0.3 is 6.00 Å². The zero-order valence-corrected chi connectivity index (χ0v) is 12.6. The molecule has 0 aliphatic rings. The molecule has 0 aliphatic heterocycles. The van der Waals surface area contributed by atoms with E-state index in [1.165, 1.54) is 10.8 Å². The van der Waals surface area contributed by atoms with Crippen LogP contribution < -0.4 is 5.19 Å². The average Bonchev–Trinajstić information content (AvgIpc) is 2.36. The van der Waals surface area contributed by atoms with Crippen LogP contribution in [0.1, 0.15) is 0 Å². The summed E-state index contributed by atoms with van der Waals surface area (Å²) in [6.07, 6.45) is 0. The van der Waals surface area contributed by atoms with Gasteiger partial charge in [-0.3, -0.25) is 0 Å². The normalized spacial score (nSPS) is 12.2. The van der Waals surface area contributed by atoms with Crippen LogP contribution in [-0.2, 0) is 0 Å². The molecule has 0 aliphatic carbocycles. The second-order valence-electron chi connectivity index (χ2n) is 4.19. The fraction of sp³-hybridized carbons (Fsp3) is 0. The standard InChI is InChI=1S/C14H9Cl3Si/c15-18(16,17)14-7-3-6-12-11-5-2-1-4-10(11)8-9-13(12)14/h1-9H. The average molecular weight is 312 g/mol. The lowest BCUT2D eigenvalue weighted by Crippen LogP contribution is -2.30. The van der Waals surface area contributed by atoms with Crippen LogP contribution in [-0.4, -0.2) is 6.00 Å². The first kappa shape index (κ1) is 12.3. The van der Waals surface area contributed by atoms with Crippen LogP contribution in [0.15, 0.2) is 54.6 Å². The van der Waals surface area contributed by atoms with E-state index in [-0.39, 0.29) is 0 Å². The Morgan fingerprint density at radius 2 is 1.33 bits per heavy atom. The van der Waals surface area contributed by atoms with Crippen molar-refractivity contribution >= 4 is 66.0 Å². The minimum absolute atomic E-state index is 0.857. The molecular weight excluding hydrogens is 303 g/mol. The number of rotatable bonds is 1. The van der Waals surface area contributed by atoms with Crippen molar-refractivity contribution in [2.75, 3.05) is 0 Å². The van der Waals surface area contributed by atoms with E-state index < -0.39 is 6.00 Å². The maximum absolute atomic E-state index is 6.16. The molecule has 90 valence electrons. The minimum Gasteiger partial charge on any atom is -0.121 e. The number of hydrogen-bond acceptors (Lipinski definition) is 0. The van der Waals surface area contributed by atoms with Gasteiger partial charge in [-0.2, -0.15) is 0 Å². The zero-order valence-electron chi connectivity index (χ0n) is 9.33. The summed E-state index contributed by atoms with van der Waals surface area (Å²) in [6.45, 7) is 0. The van der Waals surface area contributed by atoms with Crippen LogP contribution in [0.2, 0.25) is 0 Å². The fourth-order valence-electron chi connectivity index (χ4n) is 2.29. The lowest BCUT2D eigenvalue weighted by Gasteiger charge is -2.13. The molecule has 0 saturated carbocycles. The summed E-state index contributed by atoms with van der Waals surface area (Å²) in [4.78, 5) is 0. The Morgan fingerprint density at radius 3 is 2.11 bits per heavy atom. The van der Waals surface area contributed by atoms with E-state index in [9.17, 15) is 0 Å². The molecule has 0 amide bonds. The lowest BCUT2D eigenvalue weighted by molar-refractivity contribution is 1.78. The van der Waals surface area contributed by atoms with Gasteiger partial charge in [0.15, 0.2) is 0 Å². The topological polar surface area (TPSA) is 0 Å². The molecule has 0 heterocycles. The van der Waals surface area contributed by atoms with Gasteiger partial charge in [0, 0.05) is 0 Å². The molecule has 0 N–H and O–H groups in total. The monoisotopic (exact) mass is 310 g/mol. The molecule has 4 heteroatoms. The molecule has 0 atom stereocenters. The molecule has 3 aromatic carbocycles. The molecular formula is C14H9Cl3Si. The lowest BCUT2D eigenvalue weighted by atomic mass is 10.0. The van der Waals surface area contributed by atoms with Gasteiger partial charge in [0.1, 0.15) is 0 Å². The van der Waals surface area contributed by atoms with Gasteiger partial charge in [-0.1, -0.05) is 54.6 Å². The number of hydrogen-bond donors (Lipinski definition) is 0. The summed E-state index contributed by atoms with van der Waals surface area (Å²) in [5.41, 5.74) is 0. The zero-order chi connectivity index (χ0) is 12.8. The molecule has 18 heavy (non-hydrogen) atoms. The van der Waals surface area contributed by atoms with Crippen LogP contribution >= 0.6 is 33.2 Å². The summed E-state index contributed by atoms with van der Waals surface area (Å²) >= 11 is 18.5. The van der Waals surface area contributed by atoms with E-state index in [0.717, 1.165) is 16.0 Å². The molecule has 0 fully saturated rings. The Labute approximate surface area is 120 Å². The number of benzene rings is 3. The maximum Gasteiger partial charge on any atom is 0.373 e. The minimum atomic E-state index is -2.87. The first-order valence-electron chi connectivity index (χ1n) is 5.55. The highest BCUT2D eigenvalue weighted by molar-refractivity contribution is 7.69. The highest BCUT2D eigenvalue weighted by Crippen LogP contribution is 2.28. The van der Waals surface area contributed by atoms with Crippen LogP contribution in [0.25, 0.3) is 21.5 Å². The first-order valence-corrected chi connectivity index (χ1v) is 10.6. The Bertz CT molecular complexity index is 732. The predicted octanol–water partition coefficient (Wildman–Crippen LogP) is 4.86. The van der Waals surface area contributed by atoms with Gasteiger partial charge in [0.2, 0.25) is 0 Å². The summed E-state index contributed by atoms with van der Waals surface area (Å²) in [5, 5.41) is 5.44. The number of fused-ring (bicyclic) bond motifs is 3. The van der Waals surface area contributed by atoms with Gasteiger partial charge in [0.05, 0.1) is 0 Å². The van der Waals surface area contributed by atoms with Crippen LogP contribution in [0.3, 0.4) is 0 Å². The van der Waals surface area contributed by atoms with Gasteiger partial charge in [-0.05, 0) is 26.7 Å². The molecule has 0 nitrogen and oxygen atoms in total. The van der Waals surface area contributed by atoms with Crippen molar-refractivity contribution in [1.29, 1.82) is 0 Å². The van der Waals surface area contributed by atoms with Crippen molar-refractivity contribution in [3.05, 3.63) is 54.6 Å². The van der Waals surface area contributed by atoms with Gasteiger partial charge < -0.3 is 0 Å². The van der Waals surface area contributed by atoms with Crippen LogP contribution in [0, 0.1) is 0 Å². The van der Waals surface area contributed by atoms with Crippen molar-refractivity contribution in [2.24, 2.45) is 0 Å². The SMILES string of the molecule is Cl[Si](Cl)(Cl)c1cccc2c1ccc1ccccc12. The van der Waals surface area contributed by atoms with Crippen molar-refractivity contribution in [2.45, 2.75) is 0 Å². The third-order valence-corrected chi connectivity index (χ3v) is 5.97. The van der Waals surface area contributed by atoms with Crippen molar-refractivity contribution in [3.63, 3.8) is 0 Å². The predicted molar refractivity (Wildman–Crippen MR) is 84.4 cm³/mol. The van der Waals surface area contributed by atoms with E-state index in [1.807, 2.05) is 30.3 Å². The second-order valence-corrected chi connectivity index (χ2v) is 12.6. The van der Waals surface area contributed by atoms with E-state index in [2.05, 4.69) is 24.3 Å². The Kier molecular flexibility index (Phi) is 3.03. The summed E-state index contributed by atoms with van der Waals surface area (Å²) in [5.74, 6) is 0. The van der Waals surface area contributed by atoms with E-state index >= 15 is 0 Å². The smallest absolute Gasteiger partial charge is 0.121 e. The van der Waals surface area contributed by atoms with Gasteiger partial charge in [-0.25, -0.2) is 0 Å².